The molecule has 1 N–H and O–H groups in total. The molecule has 0 aromatic heterocycles. The fraction of sp³-hybridized carbons (Fsp3) is 0.632. The van der Waals surface area contributed by atoms with Gasteiger partial charge in [-0.2, -0.15) is 0 Å². The SMILES string of the molecule is CC(C(=O)OC(C)(C)C)[C@@]1(O)CO[C@H](OCc2ccccc2)[C@H]2O[C@H]21. The average Bonchev–Trinajstić information content (AvgIpc) is 3.35. The molecule has 0 aliphatic carbocycles. The van der Waals surface area contributed by atoms with Gasteiger partial charge < -0.3 is 24.1 Å². The van der Waals surface area contributed by atoms with E-state index in [0.29, 0.717) is 6.61 Å². The van der Waals surface area contributed by atoms with Crippen LogP contribution in [0.25, 0.3) is 0 Å². The van der Waals surface area contributed by atoms with Gasteiger partial charge in [0.1, 0.15) is 23.4 Å². The van der Waals surface area contributed by atoms with Crippen molar-refractivity contribution < 1.29 is 28.8 Å². The number of carbonyl (C=O) groups excluding carboxylic acids is 1. The van der Waals surface area contributed by atoms with Gasteiger partial charge in [-0.15, -0.1) is 0 Å². The number of hydrogen-bond acceptors (Lipinski definition) is 6. The van der Waals surface area contributed by atoms with Crippen LogP contribution in [0.1, 0.15) is 33.3 Å². The Kier molecular flexibility index (Phi) is 4.90. The molecule has 2 aliphatic heterocycles. The Morgan fingerprint density at radius 3 is 2.68 bits per heavy atom. The molecule has 3 rings (SSSR count). The monoisotopic (exact) mass is 350 g/mol. The summed E-state index contributed by atoms with van der Waals surface area (Å²) in [5, 5.41) is 10.9. The summed E-state index contributed by atoms with van der Waals surface area (Å²) in [4.78, 5) is 12.3. The van der Waals surface area contributed by atoms with E-state index < -0.39 is 35.5 Å². The molecule has 2 heterocycles. The van der Waals surface area contributed by atoms with Gasteiger partial charge >= 0.3 is 5.97 Å². The Morgan fingerprint density at radius 1 is 1.36 bits per heavy atom. The van der Waals surface area contributed by atoms with Gasteiger partial charge in [-0.05, 0) is 33.3 Å². The summed E-state index contributed by atoms with van der Waals surface area (Å²) in [6.45, 7) is 7.39. The van der Waals surface area contributed by atoms with Crippen molar-refractivity contribution in [2.75, 3.05) is 6.61 Å². The predicted molar refractivity (Wildman–Crippen MR) is 89.6 cm³/mol. The molecule has 5 atom stereocenters. The highest BCUT2D eigenvalue weighted by Crippen LogP contribution is 2.45. The largest absolute Gasteiger partial charge is 0.460 e. The van der Waals surface area contributed by atoms with Gasteiger partial charge in [0.05, 0.1) is 19.1 Å². The molecule has 6 heteroatoms. The summed E-state index contributed by atoms with van der Waals surface area (Å²) in [6.07, 6.45) is -1.40. The van der Waals surface area contributed by atoms with Crippen LogP contribution in [0.3, 0.4) is 0 Å². The van der Waals surface area contributed by atoms with E-state index in [9.17, 15) is 9.90 Å². The number of fused-ring (bicyclic) bond motifs is 1. The molecule has 0 radical (unpaired) electrons. The van der Waals surface area contributed by atoms with Crippen LogP contribution in [0.4, 0.5) is 0 Å². The third kappa shape index (κ3) is 4.03. The van der Waals surface area contributed by atoms with Crippen LogP contribution in [0.15, 0.2) is 30.3 Å². The van der Waals surface area contributed by atoms with Crippen molar-refractivity contribution in [3.63, 3.8) is 0 Å². The molecule has 1 aromatic carbocycles. The Labute approximate surface area is 148 Å². The lowest BCUT2D eigenvalue weighted by Gasteiger charge is -2.37. The van der Waals surface area contributed by atoms with Gasteiger partial charge in [-0.3, -0.25) is 4.79 Å². The molecule has 25 heavy (non-hydrogen) atoms. The van der Waals surface area contributed by atoms with E-state index in [1.165, 1.54) is 0 Å². The first-order chi connectivity index (χ1) is 11.7. The molecule has 2 saturated heterocycles. The van der Waals surface area contributed by atoms with Crippen molar-refractivity contribution in [3.05, 3.63) is 35.9 Å². The van der Waals surface area contributed by atoms with Crippen LogP contribution in [0.2, 0.25) is 0 Å². The molecule has 138 valence electrons. The Bertz CT molecular complexity index is 610. The summed E-state index contributed by atoms with van der Waals surface area (Å²) in [5.74, 6) is -1.21. The zero-order valence-electron chi connectivity index (χ0n) is 15.1. The van der Waals surface area contributed by atoms with Crippen molar-refractivity contribution >= 4 is 5.97 Å². The minimum atomic E-state index is -1.40. The van der Waals surface area contributed by atoms with Crippen LogP contribution < -0.4 is 0 Å². The normalized spacial score (nSPS) is 32.6. The fourth-order valence-corrected chi connectivity index (χ4v) is 2.99. The Hall–Kier alpha value is -1.47. The van der Waals surface area contributed by atoms with E-state index >= 15 is 0 Å². The average molecular weight is 350 g/mol. The molecular formula is C19H26O6. The predicted octanol–water partition coefficient (Wildman–Crippen LogP) is 2.04. The van der Waals surface area contributed by atoms with Gasteiger partial charge in [-0.1, -0.05) is 30.3 Å². The third-order valence-corrected chi connectivity index (χ3v) is 4.53. The standard InChI is InChI=1S/C19H26O6/c1-12(16(20)25-18(2,3)4)19(21)11-23-17(14-15(19)24-14)22-10-13-8-6-5-7-9-13/h5-9,12,14-15,17,21H,10-11H2,1-4H3/t12?,14-,15+,17-,19-/m0/s1. The summed E-state index contributed by atoms with van der Waals surface area (Å²) < 4.78 is 22.4. The molecule has 0 amide bonds. The Balaban J connectivity index is 1.57. The first kappa shape index (κ1) is 18.3. The lowest BCUT2D eigenvalue weighted by Crippen LogP contribution is -2.56. The van der Waals surface area contributed by atoms with Crippen LogP contribution in [0.5, 0.6) is 0 Å². The van der Waals surface area contributed by atoms with E-state index in [0.717, 1.165) is 5.56 Å². The summed E-state index contributed by atoms with van der Waals surface area (Å²) in [7, 11) is 0. The maximum absolute atomic E-state index is 12.3. The second-order valence-electron chi connectivity index (χ2n) is 7.74. The molecular weight excluding hydrogens is 324 g/mol. The van der Waals surface area contributed by atoms with E-state index in [-0.39, 0.29) is 12.7 Å². The van der Waals surface area contributed by atoms with Gasteiger partial charge in [0.15, 0.2) is 6.29 Å². The minimum Gasteiger partial charge on any atom is -0.460 e. The molecule has 0 saturated carbocycles. The first-order valence-electron chi connectivity index (χ1n) is 8.58. The Morgan fingerprint density at radius 2 is 2.04 bits per heavy atom. The smallest absolute Gasteiger partial charge is 0.312 e. The molecule has 2 aliphatic rings. The summed E-state index contributed by atoms with van der Waals surface area (Å²) in [6, 6.07) is 9.76. The number of carbonyl (C=O) groups is 1. The second-order valence-corrected chi connectivity index (χ2v) is 7.74. The zero-order valence-corrected chi connectivity index (χ0v) is 15.1. The quantitative estimate of drug-likeness (QED) is 0.647. The molecule has 0 bridgehead atoms. The third-order valence-electron chi connectivity index (χ3n) is 4.53. The van der Waals surface area contributed by atoms with Crippen LogP contribution in [-0.4, -0.2) is 47.4 Å². The second kappa shape index (κ2) is 6.68. The maximum Gasteiger partial charge on any atom is 0.312 e. The van der Waals surface area contributed by atoms with Crippen LogP contribution >= 0.6 is 0 Å². The van der Waals surface area contributed by atoms with E-state index in [2.05, 4.69) is 0 Å². The van der Waals surface area contributed by atoms with E-state index in [1.807, 2.05) is 30.3 Å². The number of ether oxygens (including phenoxy) is 4. The lowest BCUT2D eigenvalue weighted by atomic mass is 9.83. The molecule has 1 unspecified atom stereocenters. The lowest BCUT2D eigenvalue weighted by molar-refractivity contribution is -0.218. The van der Waals surface area contributed by atoms with Gasteiger partial charge in [-0.25, -0.2) is 0 Å². The minimum absolute atomic E-state index is 0.0337. The fourth-order valence-electron chi connectivity index (χ4n) is 2.99. The van der Waals surface area contributed by atoms with Crippen molar-refractivity contribution in [1.29, 1.82) is 0 Å². The van der Waals surface area contributed by atoms with Gasteiger partial charge in [0, 0.05) is 0 Å². The summed E-state index contributed by atoms with van der Waals surface area (Å²) in [5.41, 5.74) is -0.978. The highest BCUT2D eigenvalue weighted by atomic mass is 16.7. The number of aliphatic hydroxyl groups is 1. The topological polar surface area (TPSA) is 77.5 Å². The number of epoxide rings is 1. The molecule has 2 fully saturated rings. The molecule has 0 spiro atoms. The van der Waals surface area contributed by atoms with Crippen molar-refractivity contribution in [1.82, 2.24) is 0 Å². The van der Waals surface area contributed by atoms with E-state index in [1.54, 1.807) is 27.7 Å². The van der Waals surface area contributed by atoms with Crippen molar-refractivity contribution in [2.45, 2.75) is 64.0 Å². The molecule has 1 aromatic rings. The van der Waals surface area contributed by atoms with Crippen LogP contribution in [0, 0.1) is 5.92 Å². The van der Waals surface area contributed by atoms with Gasteiger partial charge in [0.25, 0.3) is 0 Å². The van der Waals surface area contributed by atoms with Crippen molar-refractivity contribution in [2.24, 2.45) is 5.92 Å². The number of esters is 1. The molecule has 6 nitrogen and oxygen atoms in total. The van der Waals surface area contributed by atoms with Crippen molar-refractivity contribution in [3.8, 4) is 0 Å². The number of hydrogen-bond donors (Lipinski definition) is 1. The first-order valence-corrected chi connectivity index (χ1v) is 8.58. The van der Waals surface area contributed by atoms with Crippen LogP contribution in [-0.2, 0) is 30.3 Å². The zero-order chi connectivity index (χ0) is 18.2. The highest BCUT2D eigenvalue weighted by molar-refractivity contribution is 5.74. The maximum atomic E-state index is 12.3. The number of rotatable bonds is 5. The highest BCUT2D eigenvalue weighted by Gasteiger charge is 2.65. The van der Waals surface area contributed by atoms with E-state index in [4.69, 9.17) is 18.9 Å². The number of benzene rings is 1. The van der Waals surface area contributed by atoms with Gasteiger partial charge in [0.2, 0.25) is 0 Å². The summed E-state index contributed by atoms with van der Waals surface area (Å²) >= 11 is 0.